The van der Waals surface area contributed by atoms with Crippen molar-refractivity contribution in [3.63, 3.8) is 0 Å². The van der Waals surface area contributed by atoms with Crippen LogP contribution in [-0.2, 0) is 6.54 Å². The Balaban J connectivity index is 1.40. The van der Waals surface area contributed by atoms with Gasteiger partial charge in [0.15, 0.2) is 11.5 Å². The highest BCUT2D eigenvalue weighted by molar-refractivity contribution is 5.48. The van der Waals surface area contributed by atoms with E-state index in [1.165, 1.54) is 5.56 Å². The molecule has 0 unspecified atom stereocenters. The average Bonchev–Trinajstić information content (AvgIpc) is 3.06. The number of hydrogen-bond acceptors (Lipinski definition) is 6. The second-order valence-electron chi connectivity index (χ2n) is 5.48. The summed E-state index contributed by atoms with van der Waals surface area (Å²) in [4.78, 5) is 13.2. The number of aromatic nitrogens is 2. The first-order valence-electron chi connectivity index (χ1n) is 7.51. The standard InChI is InChI=1S/C16H18N4O2/c1-2-13(16-14(3-1)21-12-22-16)11-19-6-8-20(9-7-19)15-10-17-4-5-18-15/h1-5,10H,6-9,11-12H2. The number of fused-ring (bicyclic) bond motifs is 1. The van der Waals surface area contributed by atoms with Gasteiger partial charge in [-0.25, -0.2) is 4.98 Å². The zero-order valence-electron chi connectivity index (χ0n) is 12.3. The fraction of sp³-hybridized carbons (Fsp3) is 0.375. The number of benzene rings is 1. The van der Waals surface area contributed by atoms with Gasteiger partial charge in [0.2, 0.25) is 6.79 Å². The summed E-state index contributed by atoms with van der Waals surface area (Å²) in [6.45, 7) is 5.14. The SMILES string of the molecule is c1cc(CN2CCN(c3cnccn3)CC2)c2c(c1)OCO2. The van der Waals surface area contributed by atoms with E-state index in [2.05, 4.69) is 25.8 Å². The molecule has 0 N–H and O–H groups in total. The Bertz CT molecular complexity index is 642. The Morgan fingerprint density at radius 2 is 1.95 bits per heavy atom. The lowest BCUT2D eigenvalue weighted by molar-refractivity contribution is 0.171. The van der Waals surface area contributed by atoms with E-state index in [-0.39, 0.29) is 0 Å². The zero-order chi connectivity index (χ0) is 14.8. The summed E-state index contributed by atoms with van der Waals surface area (Å²) in [5.41, 5.74) is 1.20. The molecule has 0 aliphatic carbocycles. The number of hydrogen-bond donors (Lipinski definition) is 0. The van der Waals surface area contributed by atoms with E-state index in [0.29, 0.717) is 6.79 Å². The first-order valence-corrected chi connectivity index (χ1v) is 7.51. The maximum Gasteiger partial charge on any atom is 0.231 e. The van der Waals surface area contributed by atoms with Gasteiger partial charge in [0.1, 0.15) is 5.82 Å². The van der Waals surface area contributed by atoms with Crippen molar-refractivity contribution in [1.29, 1.82) is 0 Å². The van der Waals surface area contributed by atoms with Crippen LogP contribution < -0.4 is 14.4 Å². The molecule has 114 valence electrons. The van der Waals surface area contributed by atoms with Crippen LogP contribution in [0.25, 0.3) is 0 Å². The Kier molecular flexibility index (Phi) is 3.52. The van der Waals surface area contributed by atoms with Crippen molar-refractivity contribution < 1.29 is 9.47 Å². The summed E-state index contributed by atoms with van der Waals surface area (Å²) in [7, 11) is 0. The molecule has 6 nitrogen and oxygen atoms in total. The van der Waals surface area contributed by atoms with E-state index in [1.54, 1.807) is 12.4 Å². The minimum absolute atomic E-state index is 0.326. The van der Waals surface area contributed by atoms with E-state index in [9.17, 15) is 0 Å². The van der Waals surface area contributed by atoms with Crippen LogP contribution in [0.5, 0.6) is 11.5 Å². The summed E-state index contributed by atoms with van der Waals surface area (Å²) < 4.78 is 11.0. The predicted octanol–water partition coefficient (Wildman–Crippen LogP) is 1.53. The molecule has 2 aromatic rings. The second-order valence-corrected chi connectivity index (χ2v) is 5.48. The Hall–Kier alpha value is -2.34. The molecular formula is C16H18N4O2. The molecule has 6 heteroatoms. The van der Waals surface area contributed by atoms with Crippen molar-refractivity contribution in [1.82, 2.24) is 14.9 Å². The first kappa shape index (κ1) is 13.3. The Morgan fingerprint density at radius 3 is 2.77 bits per heavy atom. The fourth-order valence-electron chi connectivity index (χ4n) is 2.95. The van der Waals surface area contributed by atoms with Gasteiger partial charge in [0, 0.05) is 50.7 Å². The molecule has 1 fully saturated rings. The lowest BCUT2D eigenvalue weighted by Gasteiger charge is -2.35. The van der Waals surface area contributed by atoms with Crippen LogP contribution >= 0.6 is 0 Å². The van der Waals surface area contributed by atoms with Crippen molar-refractivity contribution in [2.24, 2.45) is 0 Å². The van der Waals surface area contributed by atoms with Crippen molar-refractivity contribution in [3.05, 3.63) is 42.4 Å². The third-order valence-electron chi connectivity index (χ3n) is 4.12. The number of rotatable bonds is 3. The minimum Gasteiger partial charge on any atom is -0.454 e. The summed E-state index contributed by atoms with van der Waals surface area (Å²) in [6.07, 6.45) is 5.27. The molecule has 1 saturated heterocycles. The third-order valence-corrected chi connectivity index (χ3v) is 4.12. The zero-order valence-corrected chi connectivity index (χ0v) is 12.3. The van der Waals surface area contributed by atoms with Gasteiger partial charge in [-0.3, -0.25) is 9.88 Å². The summed E-state index contributed by atoms with van der Waals surface area (Å²) in [5.74, 6) is 2.72. The first-order chi connectivity index (χ1) is 10.9. The van der Waals surface area contributed by atoms with Crippen LogP contribution in [0.2, 0.25) is 0 Å². The molecule has 0 radical (unpaired) electrons. The molecule has 0 amide bonds. The number of ether oxygens (including phenoxy) is 2. The van der Waals surface area contributed by atoms with E-state index in [0.717, 1.165) is 50.0 Å². The molecule has 1 aromatic heterocycles. The van der Waals surface area contributed by atoms with Crippen molar-refractivity contribution in [3.8, 4) is 11.5 Å². The van der Waals surface area contributed by atoms with Crippen LogP contribution in [0.15, 0.2) is 36.8 Å². The maximum atomic E-state index is 5.58. The molecule has 0 saturated carbocycles. The highest BCUT2D eigenvalue weighted by Gasteiger charge is 2.22. The van der Waals surface area contributed by atoms with E-state index in [4.69, 9.17) is 9.47 Å². The van der Waals surface area contributed by atoms with E-state index < -0.39 is 0 Å². The van der Waals surface area contributed by atoms with Gasteiger partial charge < -0.3 is 14.4 Å². The lowest BCUT2D eigenvalue weighted by atomic mass is 10.1. The van der Waals surface area contributed by atoms with Gasteiger partial charge in [-0.15, -0.1) is 0 Å². The summed E-state index contributed by atoms with van der Waals surface area (Å²) >= 11 is 0. The molecular weight excluding hydrogens is 280 g/mol. The number of anilines is 1. The van der Waals surface area contributed by atoms with Gasteiger partial charge in [-0.05, 0) is 6.07 Å². The summed E-state index contributed by atoms with van der Waals surface area (Å²) in [5, 5.41) is 0. The minimum atomic E-state index is 0.326. The van der Waals surface area contributed by atoms with Gasteiger partial charge in [-0.1, -0.05) is 12.1 Å². The van der Waals surface area contributed by atoms with Gasteiger partial charge in [0.05, 0.1) is 6.20 Å². The molecule has 2 aliphatic rings. The maximum absolute atomic E-state index is 5.58. The highest BCUT2D eigenvalue weighted by atomic mass is 16.7. The van der Waals surface area contributed by atoms with Crippen LogP contribution in [0.3, 0.4) is 0 Å². The van der Waals surface area contributed by atoms with Crippen LogP contribution in [0.1, 0.15) is 5.56 Å². The molecule has 22 heavy (non-hydrogen) atoms. The molecule has 0 spiro atoms. The molecule has 4 rings (SSSR count). The van der Waals surface area contributed by atoms with E-state index >= 15 is 0 Å². The van der Waals surface area contributed by atoms with E-state index in [1.807, 2.05) is 18.3 Å². The van der Waals surface area contributed by atoms with Crippen molar-refractivity contribution in [2.45, 2.75) is 6.54 Å². The number of nitrogens with zero attached hydrogens (tertiary/aromatic N) is 4. The summed E-state index contributed by atoms with van der Waals surface area (Å²) in [6, 6.07) is 6.10. The number of piperazine rings is 1. The van der Waals surface area contributed by atoms with Crippen LogP contribution in [0, 0.1) is 0 Å². The Labute approximate surface area is 129 Å². The van der Waals surface area contributed by atoms with Crippen LogP contribution in [0.4, 0.5) is 5.82 Å². The van der Waals surface area contributed by atoms with Crippen molar-refractivity contribution in [2.75, 3.05) is 37.9 Å². The molecule has 0 atom stereocenters. The topological polar surface area (TPSA) is 50.7 Å². The molecule has 3 heterocycles. The monoisotopic (exact) mass is 298 g/mol. The lowest BCUT2D eigenvalue weighted by Crippen LogP contribution is -2.46. The highest BCUT2D eigenvalue weighted by Crippen LogP contribution is 2.36. The normalized spacial score (nSPS) is 17.7. The average molecular weight is 298 g/mol. The Morgan fingerprint density at radius 1 is 1.05 bits per heavy atom. The molecule has 2 aliphatic heterocycles. The quantitative estimate of drug-likeness (QED) is 0.856. The largest absolute Gasteiger partial charge is 0.454 e. The molecule has 0 bridgehead atoms. The van der Waals surface area contributed by atoms with Gasteiger partial charge in [0.25, 0.3) is 0 Å². The van der Waals surface area contributed by atoms with Crippen LogP contribution in [-0.4, -0.2) is 47.8 Å². The number of para-hydroxylation sites is 1. The van der Waals surface area contributed by atoms with Crippen molar-refractivity contribution >= 4 is 5.82 Å². The smallest absolute Gasteiger partial charge is 0.231 e. The molecule has 1 aromatic carbocycles. The predicted molar refractivity (Wildman–Crippen MR) is 82.1 cm³/mol. The van der Waals surface area contributed by atoms with Gasteiger partial charge >= 0.3 is 0 Å². The fourth-order valence-corrected chi connectivity index (χ4v) is 2.95. The second kappa shape index (κ2) is 5.81. The third kappa shape index (κ3) is 2.57. The van der Waals surface area contributed by atoms with Gasteiger partial charge in [-0.2, -0.15) is 0 Å².